The Morgan fingerprint density at radius 3 is 2.57 bits per heavy atom. The van der Waals surface area contributed by atoms with Gasteiger partial charge in [0.15, 0.2) is 0 Å². The maximum atomic E-state index is 8.24. The number of nitrogens with zero attached hydrogens (tertiary/aromatic N) is 3. The van der Waals surface area contributed by atoms with Gasteiger partial charge in [-0.1, -0.05) is 51.6 Å². The Bertz CT molecular complexity index is 173. The maximum absolute atomic E-state index is 8.24. The van der Waals surface area contributed by atoms with Crippen LogP contribution in [0.1, 0.15) is 52.9 Å². The molecule has 0 aromatic rings. The molecule has 0 aromatic heterocycles. The summed E-state index contributed by atoms with van der Waals surface area (Å²) in [5.74, 6) is 1.35. The van der Waals surface area contributed by atoms with Crippen molar-refractivity contribution in [3.63, 3.8) is 0 Å². The highest BCUT2D eigenvalue weighted by Gasteiger charge is 2.10. The van der Waals surface area contributed by atoms with Crippen LogP contribution in [-0.4, -0.2) is 6.54 Å². The second kappa shape index (κ2) is 8.89. The SMILES string of the molecule is CCCC[C@H](C)C[C@@H](CC)CN=[N+]=[N-]. The molecule has 3 heteroatoms. The van der Waals surface area contributed by atoms with Crippen LogP contribution in [-0.2, 0) is 0 Å². The molecule has 0 aliphatic heterocycles. The third kappa shape index (κ3) is 6.79. The summed E-state index contributed by atoms with van der Waals surface area (Å²) in [5.41, 5.74) is 8.24. The van der Waals surface area contributed by atoms with Crippen molar-refractivity contribution in [2.24, 2.45) is 17.0 Å². The first kappa shape index (κ1) is 13.3. The first-order valence-electron chi connectivity index (χ1n) is 5.75. The summed E-state index contributed by atoms with van der Waals surface area (Å²) in [6, 6.07) is 0. The lowest BCUT2D eigenvalue weighted by molar-refractivity contribution is 0.364. The second-order valence-corrected chi connectivity index (χ2v) is 4.17. The zero-order chi connectivity index (χ0) is 10.8. The highest BCUT2D eigenvalue weighted by molar-refractivity contribution is 4.65. The van der Waals surface area contributed by atoms with Crippen molar-refractivity contribution >= 4 is 0 Å². The van der Waals surface area contributed by atoms with E-state index in [1.165, 1.54) is 25.7 Å². The Morgan fingerprint density at radius 2 is 2.07 bits per heavy atom. The van der Waals surface area contributed by atoms with E-state index in [2.05, 4.69) is 30.8 Å². The van der Waals surface area contributed by atoms with Crippen LogP contribution in [0.5, 0.6) is 0 Å². The smallest absolute Gasteiger partial charge is 0.0286 e. The Labute approximate surface area is 87.5 Å². The molecule has 3 nitrogen and oxygen atoms in total. The molecule has 82 valence electrons. The van der Waals surface area contributed by atoms with E-state index in [1.807, 2.05) is 0 Å². The first-order chi connectivity index (χ1) is 6.74. The maximum Gasteiger partial charge on any atom is 0.0286 e. The number of rotatable bonds is 8. The van der Waals surface area contributed by atoms with Crippen molar-refractivity contribution in [2.75, 3.05) is 6.54 Å². The molecule has 0 bridgehead atoms. The molecule has 0 amide bonds. The fourth-order valence-corrected chi connectivity index (χ4v) is 1.76. The third-order valence-electron chi connectivity index (χ3n) is 2.77. The van der Waals surface area contributed by atoms with Gasteiger partial charge in [-0.3, -0.25) is 0 Å². The van der Waals surface area contributed by atoms with Crippen LogP contribution < -0.4 is 0 Å². The summed E-state index contributed by atoms with van der Waals surface area (Å²) < 4.78 is 0. The molecule has 0 aliphatic carbocycles. The minimum absolute atomic E-state index is 0.581. The molecule has 0 aromatic carbocycles. The molecule has 0 saturated heterocycles. The van der Waals surface area contributed by atoms with Crippen molar-refractivity contribution in [3.05, 3.63) is 10.4 Å². The largest absolute Gasteiger partial charge is 0.0937 e. The van der Waals surface area contributed by atoms with E-state index in [1.54, 1.807) is 0 Å². The molecule has 0 N–H and O–H groups in total. The van der Waals surface area contributed by atoms with Gasteiger partial charge in [-0.15, -0.1) is 0 Å². The molecular weight excluding hydrogens is 174 g/mol. The Morgan fingerprint density at radius 1 is 1.36 bits per heavy atom. The van der Waals surface area contributed by atoms with Gasteiger partial charge in [0.25, 0.3) is 0 Å². The predicted molar refractivity (Wildman–Crippen MR) is 61.1 cm³/mol. The minimum atomic E-state index is 0.581. The monoisotopic (exact) mass is 197 g/mol. The lowest BCUT2D eigenvalue weighted by Crippen LogP contribution is -2.08. The molecule has 2 atom stereocenters. The molecule has 14 heavy (non-hydrogen) atoms. The zero-order valence-corrected chi connectivity index (χ0v) is 9.74. The number of azide groups is 1. The van der Waals surface area contributed by atoms with Crippen LogP contribution in [0, 0.1) is 11.8 Å². The number of hydrogen-bond acceptors (Lipinski definition) is 1. The predicted octanol–water partition coefficient (Wildman–Crippen LogP) is 4.54. The highest BCUT2D eigenvalue weighted by atomic mass is 15.1. The van der Waals surface area contributed by atoms with Crippen LogP contribution >= 0.6 is 0 Å². The molecule has 0 rings (SSSR count). The third-order valence-corrected chi connectivity index (χ3v) is 2.77. The average Bonchev–Trinajstić information content (AvgIpc) is 2.21. The Hall–Kier alpha value is -0.690. The van der Waals surface area contributed by atoms with Crippen LogP contribution in [0.2, 0.25) is 0 Å². The standard InChI is InChI=1S/C11H23N3/c1-4-6-7-10(3)8-11(5-2)9-13-14-12/h10-11H,4-9H2,1-3H3/t10-,11+/m0/s1. The molecule has 0 spiro atoms. The van der Waals surface area contributed by atoms with Gasteiger partial charge in [0, 0.05) is 11.5 Å². The van der Waals surface area contributed by atoms with Crippen LogP contribution in [0.25, 0.3) is 10.4 Å². The van der Waals surface area contributed by atoms with Gasteiger partial charge in [-0.05, 0) is 23.8 Å². The summed E-state index contributed by atoms with van der Waals surface area (Å²) in [6.07, 6.45) is 6.23. The van der Waals surface area contributed by atoms with Gasteiger partial charge >= 0.3 is 0 Å². The van der Waals surface area contributed by atoms with Crippen LogP contribution in [0.15, 0.2) is 5.11 Å². The van der Waals surface area contributed by atoms with Gasteiger partial charge < -0.3 is 0 Å². The van der Waals surface area contributed by atoms with Crippen LogP contribution in [0.4, 0.5) is 0 Å². The average molecular weight is 197 g/mol. The fraction of sp³-hybridized carbons (Fsp3) is 1.00. The summed E-state index contributed by atoms with van der Waals surface area (Å²) in [6.45, 7) is 7.37. The van der Waals surface area contributed by atoms with Crippen molar-refractivity contribution in [1.82, 2.24) is 0 Å². The van der Waals surface area contributed by atoms with E-state index in [0.29, 0.717) is 12.5 Å². The topological polar surface area (TPSA) is 48.8 Å². The van der Waals surface area contributed by atoms with Gasteiger partial charge in [-0.2, -0.15) is 0 Å². The number of hydrogen-bond donors (Lipinski definition) is 0. The molecule has 0 heterocycles. The lowest BCUT2D eigenvalue weighted by Gasteiger charge is -2.17. The van der Waals surface area contributed by atoms with Gasteiger partial charge in [0.05, 0.1) is 0 Å². The van der Waals surface area contributed by atoms with E-state index in [0.717, 1.165) is 12.3 Å². The van der Waals surface area contributed by atoms with Crippen molar-refractivity contribution in [3.8, 4) is 0 Å². The van der Waals surface area contributed by atoms with E-state index in [4.69, 9.17) is 5.53 Å². The van der Waals surface area contributed by atoms with Crippen molar-refractivity contribution < 1.29 is 0 Å². The summed E-state index contributed by atoms with van der Waals surface area (Å²) in [7, 11) is 0. The first-order valence-corrected chi connectivity index (χ1v) is 5.75. The van der Waals surface area contributed by atoms with Gasteiger partial charge in [-0.25, -0.2) is 0 Å². The normalized spacial score (nSPS) is 14.5. The molecule has 0 unspecified atom stereocenters. The Balaban J connectivity index is 3.72. The molecule has 0 fully saturated rings. The summed E-state index contributed by atoms with van der Waals surface area (Å²) >= 11 is 0. The van der Waals surface area contributed by atoms with Crippen molar-refractivity contribution in [2.45, 2.75) is 52.9 Å². The fourth-order valence-electron chi connectivity index (χ4n) is 1.76. The Kier molecular flexibility index (Phi) is 8.45. The number of unbranched alkanes of at least 4 members (excludes halogenated alkanes) is 1. The quantitative estimate of drug-likeness (QED) is 0.311. The molecule has 0 aliphatic rings. The van der Waals surface area contributed by atoms with E-state index in [9.17, 15) is 0 Å². The second-order valence-electron chi connectivity index (χ2n) is 4.17. The minimum Gasteiger partial charge on any atom is -0.0937 e. The molecular formula is C11H23N3. The van der Waals surface area contributed by atoms with Gasteiger partial charge in [0.1, 0.15) is 0 Å². The van der Waals surface area contributed by atoms with Crippen molar-refractivity contribution in [1.29, 1.82) is 0 Å². The van der Waals surface area contributed by atoms with Gasteiger partial charge in [0.2, 0.25) is 0 Å². The molecule has 0 radical (unpaired) electrons. The summed E-state index contributed by atoms with van der Waals surface area (Å²) in [4.78, 5) is 2.82. The lowest BCUT2D eigenvalue weighted by atomic mass is 9.90. The van der Waals surface area contributed by atoms with E-state index >= 15 is 0 Å². The van der Waals surface area contributed by atoms with Crippen LogP contribution in [0.3, 0.4) is 0 Å². The zero-order valence-electron chi connectivity index (χ0n) is 9.74. The highest BCUT2D eigenvalue weighted by Crippen LogP contribution is 2.20. The van der Waals surface area contributed by atoms with E-state index in [-0.39, 0.29) is 0 Å². The summed E-state index contributed by atoms with van der Waals surface area (Å²) in [5, 5.41) is 3.66. The molecule has 0 saturated carbocycles. The van der Waals surface area contributed by atoms with E-state index < -0.39 is 0 Å².